The summed E-state index contributed by atoms with van der Waals surface area (Å²) in [5.41, 5.74) is 7.51. The van der Waals surface area contributed by atoms with E-state index in [0.29, 0.717) is 11.6 Å². The number of nitrogens with zero attached hydrogens (tertiary/aromatic N) is 4. The maximum absolute atomic E-state index is 11.9. The third kappa shape index (κ3) is 5.92. The number of nitrogens with two attached hydrogens (primary N) is 1. The highest BCUT2D eigenvalue weighted by molar-refractivity contribution is 5.89. The number of tetrazole rings is 1. The smallest absolute Gasteiger partial charge is 0.337 e. The van der Waals surface area contributed by atoms with E-state index in [1.165, 1.54) is 7.11 Å². The summed E-state index contributed by atoms with van der Waals surface area (Å²) in [6.07, 6.45) is 4.97. The number of hydrogen-bond donors (Lipinski definition) is 2. The minimum absolute atomic E-state index is 0.122. The van der Waals surface area contributed by atoms with Gasteiger partial charge in [-0.05, 0) is 79.5 Å². The van der Waals surface area contributed by atoms with Gasteiger partial charge in [-0.3, -0.25) is 0 Å². The molecule has 1 aliphatic rings. The fourth-order valence-corrected chi connectivity index (χ4v) is 4.95. The van der Waals surface area contributed by atoms with Gasteiger partial charge in [0.15, 0.2) is 5.82 Å². The van der Waals surface area contributed by atoms with E-state index in [2.05, 4.69) is 55.5 Å². The summed E-state index contributed by atoms with van der Waals surface area (Å²) in [6.45, 7) is 11.0. The first-order valence-electron chi connectivity index (χ1n) is 11.5. The number of carbonyl (C=O) groups is 1. The average molecular weight is 443 g/mol. The van der Waals surface area contributed by atoms with Gasteiger partial charge >= 0.3 is 5.97 Å². The zero-order valence-corrected chi connectivity index (χ0v) is 20.3. The van der Waals surface area contributed by atoms with Gasteiger partial charge in [0.25, 0.3) is 0 Å². The Labute approximate surface area is 191 Å². The molecule has 32 heavy (non-hydrogen) atoms. The largest absolute Gasteiger partial charge is 0.465 e. The van der Waals surface area contributed by atoms with Crippen LogP contribution in [0.4, 0.5) is 0 Å². The van der Waals surface area contributed by atoms with Crippen molar-refractivity contribution in [1.82, 2.24) is 25.5 Å². The van der Waals surface area contributed by atoms with Crippen molar-refractivity contribution in [2.75, 3.05) is 7.11 Å². The Morgan fingerprint density at radius 3 is 2.34 bits per heavy atom. The molecule has 0 spiro atoms. The highest BCUT2D eigenvalue weighted by Crippen LogP contribution is 2.34. The van der Waals surface area contributed by atoms with Crippen molar-refractivity contribution in [3.63, 3.8) is 0 Å². The zero-order chi connectivity index (χ0) is 23.5. The fraction of sp³-hybridized carbons (Fsp3) is 0.667. The maximum atomic E-state index is 11.9. The molecule has 1 aromatic heterocycles. The molecule has 0 radical (unpaired) electrons. The number of carbonyl (C=O) groups excluding carboxylic acids is 1. The average Bonchev–Trinajstić information content (AvgIpc) is 3.22. The van der Waals surface area contributed by atoms with E-state index in [0.717, 1.165) is 43.5 Å². The number of hydrogen-bond acceptors (Lipinski definition) is 7. The van der Waals surface area contributed by atoms with Crippen molar-refractivity contribution < 1.29 is 9.53 Å². The summed E-state index contributed by atoms with van der Waals surface area (Å²) in [6, 6.07) is 7.90. The lowest BCUT2D eigenvalue weighted by Gasteiger charge is -2.35. The number of methoxy groups -OCH3 is 1. The van der Waals surface area contributed by atoms with Crippen LogP contribution in [-0.2, 0) is 10.3 Å². The second-order valence-corrected chi connectivity index (χ2v) is 10.8. The van der Waals surface area contributed by atoms with E-state index in [1.54, 1.807) is 12.1 Å². The molecule has 8 heteroatoms. The van der Waals surface area contributed by atoms with Gasteiger partial charge in [0, 0.05) is 12.1 Å². The molecule has 2 aromatic rings. The van der Waals surface area contributed by atoms with E-state index < -0.39 is 0 Å². The van der Waals surface area contributed by atoms with Crippen LogP contribution in [0.5, 0.6) is 0 Å². The third-order valence-corrected chi connectivity index (χ3v) is 6.13. The van der Waals surface area contributed by atoms with Gasteiger partial charge in [0.2, 0.25) is 0 Å². The second kappa shape index (κ2) is 9.67. The summed E-state index contributed by atoms with van der Waals surface area (Å²) in [5, 5.41) is 16.7. The predicted molar refractivity (Wildman–Crippen MR) is 124 cm³/mol. The molecule has 1 fully saturated rings. The van der Waals surface area contributed by atoms with E-state index >= 15 is 0 Å². The molecule has 0 bridgehead atoms. The molecule has 1 heterocycles. The van der Waals surface area contributed by atoms with Crippen LogP contribution in [0, 0.1) is 5.41 Å². The van der Waals surface area contributed by atoms with E-state index in [9.17, 15) is 4.79 Å². The predicted octanol–water partition coefficient (Wildman–Crippen LogP) is 3.58. The molecule has 1 saturated carbocycles. The Morgan fingerprint density at radius 2 is 1.78 bits per heavy atom. The van der Waals surface area contributed by atoms with Gasteiger partial charge in [-0.15, -0.1) is 5.10 Å². The number of nitrogens with one attached hydrogen (secondary N) is 1. The lowest BCUT2D eigenvalue weighted by Crippen LogP contribution is -2.42. The molecular formula is C24H38N6O2. The molecular weight excluding hydrogens is 404 g/mol. The summed E-state index contributed by atoms with van der Waals surface area (Å²) in [7, 11) is 1.39. The molecule has 1 aromatic carbocycles. The van der Waals surface area contributed by atoms with Crippen molar-refractivity contribution in [1.29, 1.82) is 0 Å². The van der Waals surface area contributed by atoms with Gasteiger partial charge in [0.05, 0.1) is 24.3 Å². The zero-order valence-electron chi connectivity index (χ0n) is 20.3. The summed E-state index contributed by atoms with van der Waals surface area (Å²) >= 11 is 0. The topological polar surface area (TPSA) is 108 Å². The van der Waals surface area contributed by atoms with Gasteiger partial charge in [0.1, 0.15) is 0 Å². The van der Waals surface area contributed by atoms with Gasteiger partial charge < -0.3 is 15.8 Å². The number of esters is 1. The Balaban J connectivity index is 1.97. The van der Waals surface area contributed by atoms with Crippen molar-refractivity contribution in [3.05, 3.63) is 41.2 Å². The molecule has 1 aliphatic carbocycles. The van der Waals surface area contributed by atoms with Crippen LogP contribution in [0.2, 0.25) is 0 Å². The van der Waals surface area contributed by atoms with Crippen LogP contribution in [0.1, 0.15) is 94.5 Å². The first kappa shape index (κ1) is 24.3. The Morgan fingerprint density at radius 1 is 1.16 bits per heavy atom. The van der Waals surface area contributed by atoms with Crippen LogP contribution in [0.15, 0.2) is 24.3 Å². The first-order valence-corrected chi connectivity index (χ1v) is 11.5. The van der Waals surface area contributed by atoms with Gasteiger partial charge in [-0.2, -0.15) is 0 Å². The fourth-order valence-electron chi connectivity index (χ4n) is 4.95. The highest BCUT2D eigenvalue weighted by atomic mass is 16.5. The number of ether oxygens (including phenoxy) is 1. The van der Waals surface area contributed by atoms with E-state index in [-0.39, 0.29) is 29.0 Å². The van der Waals surface area contributed by atoms with Crippen molar-refractivity contribution >= 4 is 5.97 Å². The number of rotatable bonds is 7. The number of benzene rings is 1. The van der Waals surface area contributed by atoms with Crippen molar-refractivity contribution in [2.45, 2.75) is 90.4 Å². The molecule has 176 valence electrons. The summed E-state index contributed by atoms with van der Waals surface area (Å²) < 4.78 is 6.80. The summed E-state index contributed by atoms with van der Waals surface area (Å²) in [5.74, 6) is 0.429. The van der Waals surface area contributed by atoms with Crippen LogP contribution in [0.25, 0.3) is 0 Å². The molecule has 8 nitrogen and oxygen atoms in total. The maximum Gasteiger partial charge on any atom is 0.337 e. The minimum Gasteiger partial charge on any atom is -0.465 e. The molecule has 3 rings (SSSR count). The van der Waals surface area contributed by atoms with Crippen molar-refractivity contribution in [2.24, 2.45) is 11.1 Å². The molecule has 0 aliphatic heterocycles. The van der Waals surface area contributed by atoms with Crippen LogP contribution < -0.4 is 11.1 Å². The van der Waals surface area contributed by atoms with Crippen molar-refractivity contribution in [3.8, 4) is 0 Å². The van der Waals surface area contributed by atoms with Crippen LogP contribution >= 0.6 is 0 Å². The van der Waals surface area contributed by atoms with Gasteiger partial charge in [-0.1, -0.05) is 32.9 Å². The Hall–Kier alpha value is -2.32. The third-order valence-electron chi connectivity index (χ3n) is 6.13. The summed E-state index contributed by atoms with van der Waals surface area (Å²) in [4.78, 5) is 11.9. The molecule has 3 N–H and O–H groups in total. The standard InChI is InChI=1S/C24H38N6O2/c1-23(2,3)15-24(4,5)30-21(27-28-29-30)20(26-19-13-11-18(25)12-14-19)16-7-9-17(10-8-16)22(31)32-6/h7-10,18-20,26H,11-15,25H2,1-6H3. The molecule has 0 amide bonds. The highest BCUT2D eigenvalue weighted by Gasteiger charge is 2.34. The first-order chi connectivity index (χ1) is 15.0. The SMILES string of the molecule is COC(=O)c1ccc(C(NC2CCC(N)CC2)c2nnnn2C(C)(C)CC(C)(C)C)cc1. The lowest BCUT2D eigenvalue weighted by molar-refractivity contribution is 0.0600. The number of aromatic nitrogens is 4. The van der Waals surface area contributed by atoms with Crippen LogP contribution in [-0.4, -0.2) is 45.4 Å². The van der Waals surface area contributed by atoms with E-state index in [4.69, 9.17) is 10.5 Å². The lowest BCUT2D eigenvalue weighted by atomic mass is 9.81. The Bertz CT molecular complexity index is 892. The quantitative estimate of drug-likeness (QED) is 0.631. The molecule has 1 unspecified atom stereocenters. The van der Waals surface area contributed by atoms with Gasteiger partial charge in [-0.25, -0.2) is 9.48 Å². The monoisotopic (exact) mass is 442 g/mol. The molecule has 1 atom stereocenters. The van der Waals surface area contributed by atoms with E-state index in [1.807, 2.05) is 16.8 Å². The molecule has 0 saturated heterocycles. The Kier molecular flexibility index (Phi) is 7.35. The minimum atomic E-state index is -0.349. The van der Waals surface area contributed by atoms with Crippen LogP contribution in [0.3, 0.4) is 0 Å². The normalized spacial score (nSPS) is 20.7. The second-order valence-electron chi connectivity index (χ2n) is 10.8.